The summed E-state index contributed by atoms with van der Waals surface area (Å²) in [5.41, 5.74) is 1.76. The second-order valence-corrected chi connectivity index (χ2v) is 6.70. The van der Waals surface area contributed by atoms with Crippen molar-refractivity contribution in [2.75, 3.05) is 5.32 Å². The van der Waals surface area contributed by atoms with Crippen LogP contribution in [0.4, 0.5) is 5.13 Å². The minimum Gasteiger partial charge on any atom is -0.300 e. The van der Waals surface area contributed by atoms with Gasteiger partial charge in [0.15, 0.2) is 10.3 Å². The van der Waals surface area contributed by atoms with E-state index < -0.39 is 0 Å². The Morgan fingerprint density at radius 2 is 2.09 bits per heavy atom. The van der Waals surface area contributed by atoms with E-state index in [9.17, 15) is 4.79 Å². The van der Waals surface area contributed by atoms with Crippen molar-refractivity contribution in [1.82, 2.24) is 14.5 Å². The first-order chi connectivity index (χ1) is 10.7. The lowest BCUT2D eigenvalue weighted by molar-refractivity contribution is 0.102. The third-order valence-electron chi connectivity index (χ3n) is 3.04. The second kappa shape index (κ2) is 6.41. The summed E-state index contributed by atoms with van der Waals surface area (Å²) in [4.78, 5) is 22.1. The highest BCUT2D eigenvalue weighted by molar-refractivity contribution is 7.16. The van der Waals surface area contributed by atoms with Gasteiger partial charge in [0.1, 0.15) is 4.88 Å². The summed E-state index contributed by atoms with van der Waals surface area (Å²) in [6, 6.07) is 3.89. The Labute approximate surface area is 136 Å². The molecule has 0 radical (unpaired) electrons. The number of thiazole rings is 2. The summed E-state index contributed by atoms with van der Waals surface area (Å²) in [6.07, 6.45) is 5.60. The van der Waals surface area contributed by atoms with Crippen LogP contribution in [0.1, 0.15) is 34.4 Å². The summed E-state index contributed by atoms with van der Waals surface area (Å²) >= 11 is 2.84. The van der Waals surface area contributed by atoms with Crippen molar-refractivity contribution in [2.45, 2.75) is 26.7 Å². The maximum atomic E-state index is 12.5. The Morgan fingerprint density at radius 1 is 1.32 bits per heavy atom. The zero-order chi connectivity index (χ0) is 15.5. The lowest BCUT2D eigenvalue weighted by Gasteiger charge is -2.00. The van der Waals surface area contributed by atoms with Crippen molar-refractivity contribution < 1.29 is 4.79 Å². The first-order valence-corrected chi connectivity index (χ1v) is 8.73. The molecule has 3 aromatic rings. The maximum Gasteiger partial charge on any atom is 0.269 e. The second-order valence-electron chi connectivity index (χ2n) is 4.86. The number of aromatic nitrogens is 3. The molecule has 3 aromatic heterocycles. The minimum atomic E-state index is -0.131. The van der Waals surface area contributed by atoms with E-state index in [1.54, 1.807) is 0 Å². The number of rotatable bonds is 5. The van der Waals surface area contributed by atoms with E-state index >= 15 is 0 Å². The van der Waals surface area contributed by atoms with Crippen LogP contribution in [0.5, 0.6) is 0 Å². The van der Waals surface area contributed by atoms with Crippen molar-refractivity contribution in [3.05, 3.63) is 46.2 Å². The fraction of sp³-hybridized carbons (Fsp3) is 0.267. The van der Waals surface area contributed by atoms with Crippen LogP contribution < -0.4 is 5.32 Å². The highest BCUT2D eigenvalue weighted by Crippen LogP contribution is 2.25. The van der Waals surface area contributed by atoms with Crippen molar-refractivity contribution in [1.29, 1.82) is 0 Å². The fourth-order valence-electron chi connectivity index (χ4n) is 2.06. The molecule has 0 fully saturated rings. The van der Waals surface area contributed by atoms with Gasteiger partial charge >= 0.3 is 0 Å². The van der Waals surface area contributed by atoms with E-state index in [0.29, 0.717) is 10.0 Å². The number of amides is 1. The average molecular weight is 332 g/mol. The van der Waals surface area contributed by atoms with Gasteiger partial charge in [0.05, 0.1) is 11.4 Å². The molecule has 0 atom stereocenters. The molecule has 114 valence electrons. The number of aryl methyl sites for hydroxylation is 2. The molecule has 0 spiro atoms. The number of nitrogens with one attached hydrogen (secondary N) is 1. The van der Waals surface area contributed by atoms with Crippen LogP contribution in [0.3, 0.4) is 0 Å². The fourth-order valence-corrected chi connectivity index (χ4v) is 3.72. The Bertz CT molecular complexity index is 773. The van der Waals surface area contributed by atoms with Crippen LogP contribution in [-0.4, -0.2) is 20.4 Å². The summed E-state index contributed by atoms with van der Waals surface area (Å²) in [6.45, 7) is 3.99. The predicted molar refractivity (Wildman–Crippen MR) is 90.2 cm³/mol. The number of carbonyl (C=O) groups excluding carboxylic acids is 1. The van der Waals surface area contributed by atoms with Crippen LogP contribution >= 0.6 is 22.7 Å². The predicted octanol–water partition coefficient (Wildman–Crippen LogP) is 3.90. The molecule has 3 rings (SSSR count). The van der Waals surface area contributed by atoms with Gasteiger partial charge in [-0.3, -0.25) is 10.1 Å². The van der Waals surface area contributed by atoms with Crippen molar-refractivity contribution in [3.8, 4) is 5.13 Å². The number of hydrogen-bond donors (Lipinski definition) is 1. The number of anilines is 1. The Morgan fingerprint density at radius 3 is 2.73 bits per heavy atom. The highest BCUT2D eigenvalue weighted by atomic mass is 32.1. The van der Waals surface area contributed by atoms with E-state index in [1.165, 1.54) is 22.7 Å². The first-order valence-electron chi connectivity index (χ1n) is 7.04. The van der Waals surface area contributed by atoms with Gasteiger partial charge in [-0.1, -0.05) is 24.7 Å². The molecule has 0 saturated carbocycles. The van der Waals surface area contributed by atoms with E-state index in [2.05, 4.69) is 22.2 Å². The van der Waals surface area contributed by atoms with E-state index in [4.69, 9.17) is 0 Å². The van der Waals surface area contributed by atoms with Crippen molar-refractivity contribution in [2.24, 2.45) is 0 Å². The maximum absolute atomic E-state index is 12.5. The number of carbonyl (C=O) groups is 1. The lowest BCUT2D eigenvalue weighted by Crippen LogP contribution is -2.12. The van der Waals surface area contributed by atoms with Crippen LogP contribution in [0.2, 0.25) is 0 Å². The largest absolute Gasteiger partial charge is 0.300 e. The summed E-state index contributed by atoms with van der Waals surface area (Å²) in [5.74, 6) is -0.131. The molecule has 7 heteroatoms. The quantitative estimate of drug-likeness (QED) is 0.771. The van der Waals surface area contributed by atoms with Gasteiger partial charge in [-0.25, -0.2) is 9.97 Å². The summed E-state index contributed by atoms with van der Waals surface area (Å²) in [7, 11) is 0. The number of hydrogen-bond acceptors (Lipinski definition) is 5. The topological polar surface area (TPSA) is 59.8 Å². The van der Waals surface area contributed by atoms with Gasteiger partial charge in [-0.2, -0.15) is 0 Å². The van der Waals surface area contributed by atoms with E-state index in [-0.39, 0.29) is 5.91 Å². The lowest BCUT2D eigenvalue weighted by atomic mass is 10.2. The van der Waals surface area contributed by atoms with E-state index in [1.807, 2.05) is 41.4 Å². The third kappa shape index (κ3) is 3.10. The molecule has 5 nitrogen and oxygen atoms in total. The Kier molecular flexibility index (Phi) is 4.35. The van der Waals surface area contributed by atoms with Gasteiger partial charge in [-0.05, 0) is 25.5 Å². The molecule has 0 aliphatic heterocycles. The minimum absolute atomic E-state index is 0.131. The molecule has 0 bridgehead atoms. The third-order valence-corrected chi connectivity index (χ3v) is 5.03. The molecular weight excluding hydrogens is 316 g/mol. The van der Waals surface area contributed by atoms with Crippen molar-refractivity contribution >= 4 is 33.7 Å². The van der Waals surface area contributed by atoms with Gasteiger partial charge in [0, 0.05) is 17.8 Å². The Balaban J connectivity index is 1.89. The van der Waals surface area contributed by atoms with Crippen LogP contribution in [0.25, 0.3) is 5.13 Å². The SMILES string of the molecule is CCCc1nc(-n2cccc2)sc1C(=O)Nc1nc(C)cs1. The van der Waals surface area contributed by atoms with E-state index in [0.717, 1.165) is 29.4 Å². The molecule has 0 aliphatic rings. The standard InChI is InChI=1S/C15H16N4OS2/c1-3-6-11-12(13(20)18-14-16-10(2)9-21-14)22-15(17-11)19-7-4-5-8-19/h4-5,7-9H,3,6H2,1-2H3,(H,16,18,20). The van der Waals surface area contributed by atoms with Gasteiger partial charge in [0.2, 0.25) is 0 Å². The zero-order valence-electron chi connectivity index (χ0n) is 12.4. The molecule has 0 aromatic carbocycles. The van der Waals surface area contributed by atoms with Crippen LogP contribution in [0, 0.1) is 6.92 Å². The molecule has 1 amide bonds. The Hall–Kier alpha value is -1.99. The van der Waals surface area contributed by atoms with Crippen LogP contribution in [-0.2, 0) is 6.42 Å². The molecule has 1 N–H and O–H groups in total. The van der Waals surface area contributed by atoms with Gasteiger partial charge in [-0.15, -0.1) is 11.3 Å². The first kappa shape index (κ1) is 14.9. The normalized spacial score (nSPS) is 10.8. The van der Waals surface area contributed by atoms with Crippen LogP contribution in [0.15, 0.2) is 29.9 Å². The molecule has 0 aliphatic carbocycles. The number of nitrogens with zero attached hydrogens (tertiary/aromatic N) is 3. The molecular formula is C15H16N4OS2. The summed E-state index contributed by atoms with van der Waals surface area (Å²) in [5, 5.41) is 6.22. The molecule has 22 heavy (non-hydrogen) atoms. The van der Waals surface area contributed by atoms with Crippen molar-refractivity contribution in [3.63, 3.8) is 0 Å². The summed E-state index contributed by atoms with van der Waals surface area (Å²) < 4.78 is 1.92. The van der Waals surface area contributed by atoms with Gasteiger partial charge in [0.25, 0.3) is 5.91 Å². The highest BCUT2D eigenvalue weighted by Gasteiger charge is 2.19. The van der Waals surface area contributed by atoms with Gasteiger partial charge < -0.3 is 4.57 Å². The molecule has 0 saturated heterocycles. The molecule has 3 heterocycles. The smallest absolute Gasteiger partial charge is 0.269 e. The molecule has 0 unspecified atom stereocenters. The zero-order valence-corrected chi connectivity index (χ0v) is 14.0. The average Bonchev–Trinajstić information content (AvgIpc) is 3.19. The monoisotopic (exact) mass is 332 g/mol.